The third-order valence-corrected chi connectivity index (χ3v) is 5.23. The minimum atomic E-state index is -3.51. The van der Waals surface area contributed by atoms with Gasteiger partial charge in [-0.2, -0.15) is 4.31 Å². The number of nitrogens with zero attached hydrogens (tertiary/aromatic N) is 3. The van der Waals surface area contributed by atoms with Gasteiger partial charge in [-0.15, -0.1) is 0 Å². The van der Waals surface area contributed by atoms with Crippen molar-refractivity contribution < 1.29 is 18.0 Å². The summed E-state index contributed by atoms with van der Waals surface area (Å²) in [5, 5.41) is 0. The lowest BCUT2D eigenvalue weighted by molar-refractivity contribution is -0.135. The van der Waals surface area contributed by atoms with E-state index in [1.54, 1.807) is 9.80 Å². The maximum atomic E-state index is 12.4. The second kappa shape index (κ2) is 7.76. The van der Waals surface area contributed by atoms with E-state index < -0.39 is 10.0 Å². The largest absolute Gasteiger partial charge is 0.342 e. The average Bonchev–Trinajstić information content (AvgIpc) is 2.53. The fraction of sp³-hybridized carbons (Fsp3) is 0.500. The first kappa shape index (κ1) is 18.4. The van der Waals surface area contributed by atoms with Crippen LogP contribution in [0.5, 0.6) is 0 Å². The van der Waals surface area contributed by atoms with Crippen molar-refractivity contribution in [3.8, 4) is 0 Å². The van der Waals surface area contributed by atoms with Crippen molar-refractivity contribution in [2.75, 3.05) is 39.0 Å². The molecule has 2 rings (SSSR count). The van der Waals surface area contributed by atoms with Crippen molar-refractivity contribution in [3.05, 3.63) is 35.4 Å². The molecule has 1 aromatic carbocycles. The lowest BCUT2D eigenvalue weighted by atomic mass is 10.1. The van der Waals surface area contributed by atoms with Crippen LogP contribution >= 0.6 is 0 Å². The molecule has 1 aliphatic rings. The molecule has 1 saturated heterocycles. The van der Waals surface area contributed by atoms with Crippen LogP contribution < -0.4 is 0 Å². The molecular weight excluding hydrogens is 330 g/mol. The van der Waals surface area contributed by atoms with E-state index in [1.807, 2.05) is 31.2 Å². The van der Waals surface area contributed by atoms with Gasteiger partial charge >= 0.3 is 0 Å². The van der Waals surface area contributed by atoms with Crippen molar-refractivity contribution in [2.45, 2.75) is 13.5 Å². The quantitative estimate of drug-likeness (QED) is 0.678. The summed E-state index contributed by atoms with van der Waals surface area (Å²) in [6.07, 6.45) is 1.88. The first-order valence-corrected chi connectivity index (χ1v) is 9.62. The van der Waals surface area contributed by atoms with E-state index in [-0.39, 0.29) is 19.0 Å². The molecule has 0 aliphatic carbocycles. The van der Waals surface area contributed by atoms with Gasteiger partial charge in [0.2, 0.25) is 22.3 Å². The number of hydrogen-bond acceptors (Lipinski definition) is 4. The van der Waals surface area contributed by atoms with E-state index in [0.29, 0.717) is 26.2 Å². The Labute approximate surface area is 142 Å². The summed E-state index contributed by atoms with van der Waals surface area (Å²) in [5.41, 5.74) is 1.89. The SMILES string of the molecule is Cc1cccc(CN(CC(=O)N2CCN(C=O)CC2)S(C)(=O)=O)c1. The zero-order valence-corrected chi connectivity index (χ0v) is 14.8. The van der Waals surface area contributed by atoms with Crippen LogP contribution in [-0.4, -0.2) is 73.8 Å². The standard InChI is InChI=1S/C16H23N3O4S/c1-14-4-3-5-15(10-14)11-19(24(2,22)23)12-16(21)18-8-6-17(13-20)7-9-18/h3-5,10,13H,6-9,11-12H2,1-2H3. The Balaban J connectivity index is 2.04. The zero-order valence-electron chi connectivity index (χ0n) is 14.0. The predicted molar refractivity (Wildman–Crippen MR) is 90.6 cm³/mol. The van der Waals surface area contributed by atoms with Gasteiger partial charge in [-0.1, -0.05) is 29.8 Å². The highest BCUT2D eigenvalue weighted by atomic mass is 32.2. The molecule has 1 heterocycles. The second-order valence-electron chi connectivity index (χ2n) is 6.04. The van der Waals surface area contributed by atoms with Crippen LogP contribution in [0.4, 0.5) is 0 Å². The normalized spacial score (nSPS) is 15.6. The van der Waals surface area contributed by atoms with Gasteiger partial charge in [-0.3, -0.25) is 9.59 Å². The molecule has 1 aromatic rings. The van der Waals surface area contributed by atoms with Crippen LogP contribution in [0.25, 0.3) is 0 Å². The molecule has 0 bridgehead atoms. The number of carbonyl (C=O) groups excluding carboxylic acids is 2. The molecule has 1 aliphatic heterocycles. The number of sulfonamides is 1. The summed E-state index contributed by atoms with van der Waals surface area (Å²) in [6.45, 7) is 3.73. The van der Waals surface area contributed by atoms with Crippen LogP contribution in [0.2, 0.25) is 0 Å². The molecule has 0 saturated carbocycles. The molecule has 7 nitrogen and oxygen atoms in total. The van der Waals surface area contributed by atoms with E-state index in [4.69, 9.17) is 0 Å². The van der Waals surface area contributed by atoms with E-state index >= 15 is 0 Å². The van der Waals surface area contributed by atoms with Crippen LogP contribution in [-0.2, 0) is 26.2 Å². The fourth-order valence-corrected chi connectivity index (χ4v) is 3.36. The lowest BCUT2D eigenvalue weighted by Gasteiger charge is -2.33. The summed E-state index contributed by atoms with van der Waals surface area (Å²) in [7, 11) is -3.51. The number of rotatable bonds is 6. The lowest BCUT2D eigenvalue weighted by Crippen LogP contribution is -2.51. The van der Waals surface area contributed by atoms with Gasteiger partial charge in [-0.05, 0) is 12.5 Å². The molecule has 0 radical (unpaired) electrons. The number of aryl methyl sites for hydroxylation is 1. The smallest absolute Gasteiger partial charge is 0.238 e. The third-order valence-electron chi connectivity index (χ3n) is 4.04. The number of hydrogen-bond donors (Lipinski definition) is 0. The summed E-state index contributed by atoms with van der Waals surface area (Å²) in [6, 6.07) is 7.56. The molecule has 0 N–H and O–H groups in total. The maximum absolute atomic E-state index is 12.4. The van der Waals surface area contributed by atoms with Crippen molar-refractivity contribution in [1.82, 2.24) is 14.1 Å². The maximum Gasteiger partial charge on any atom is 0.238 e. The van der Waals surface area contributed by atoms with Crippen molar-refractivity contribution in [2.24, 2.45) is 0 Å². The summed E-state index contributed by atoms with van der Waals surface area (Å²) < 4.78 is 25.3. The summed E-state index contributed by atoms with van der Waals surface area (Å²) in [4.78, 5) is 26.3. The average molecular weight is 353 g/mol. The molecule has 0 aromatic heterocycles. The molecule has 2 amide bonds. The topological polar surface area (TPSA) is 78.0 Å². The van der Waals surface area contributed by atoms with E-state index in [0.717, 1.165) is 23.8 Å². The zero-order chi connectivity index (χ0) is 17.7. The molecule has 0 spiro atoms. The van der Waals surface area contributed by atoms with Gasteiger partial charge in [0.05, 0.1) is 12.8 Å². The molecule has 8 heteroatoms. The Morgan fingerprint density at radius 1 is 1.25 bits per heavy atom. The first-order valence-electron chi connectivity index (χ1n) is 7.77. The van der Waals surface area contributed by atoms with Crippen molar-refractivity contribution >= 4 is 22.3 Å². The fourth-order valence-electron chi connectivity index (χ4n) is 2.63. The van der Waals surface area contributed by atoms with Crippen LogP contribution in [0, 0.1) is 6.92 Å². The Hall–Kier alpha value is -1.93. The van der Waals surface area contributed by atoms with Crippen molar-refractivity contribution in [3.63, 3.8) is 0 Å². The number of carbonyl (C=O) groups is 2. The minimum absolute atomic E-state index is 0.167. The number of amides is 2. The Bertz CT molecular complexity index is 697. The summed E-state index contributed by atoms with van der Waals surface area (Å²) >= 11 is 0. The second-order valence-corrected chi connectivity index (χ2v) is 8.02. The first-order chi connectivity index (χ1) is 11.3. The highest BCUT2D eigenvalue weighted by Gasteiger charge is 2.26. The molecular formula is C16H23N3O4S. The van der Waals surface area contributed by atoms with Crippen LogP contribution in [0.1, 0.15) is 11.1 Å². The molecule has 0 unspecified atom stereocenters. The van der Waals surface area contributed by atoms with E-state index in [1.165, 1.54) is 4.31 Å². The van der Waals surface area contributed by atoms with Crippen LogP contribution in [0.3, 0.4) is 0 Å². The third kappa shape index (κ3) is 5.04. The monoisotopic (exact) mass is 353 g/mol. The molecule has 0 atom stereocenters. The van der Waals surface area contributed by atoms with Gasteiger partial charge in [0, 0.05) is 32.7 Å². The number of benzene rings is 1. The van der Waals surface area contributed by atoms with Crippen molar-refractivity contribution in [1.29, 1.82) is 0 Å². The summed E-state index contributed by atoms with van der Waals surface area (Å²) in [5.74, 6) is -0.237. The van der Waals surface area contributed by atoms with Gasteiger partial charge < -0.3 is 9.80 Å². The van der Waals surface area contributed by atoms with Gasteiger partial charge in [0.15, 0.2) is 0 Å². The van der Waals surface area contributed by atoms with Gasteiger partial charge in [0.25, 0.3) is 0 Å². The minimum Gasteiger partial charge on any atom is -0.342 e. The Morgan fingerprint density at radius 3 is 2.46 bits per heavy atom. The van der Waals surface area contributed by atoms with Gasteiger partial charge in [0.1, 0.15) is 0 Å². The van der Waals surface area contributed by atoms with Gasteiger partial charge in [-0.25, -0.2) is 8.42 Å². The van der Waals surface area contributed by atoms with E-state index in [9.17, 15) is 18.0 Å². The van der Waals surface area contributed by atoms with Crippen LogP contribution in [0.15, 0.2) is 24.3 Å². The molecule has 24 heavy (non-hydrogen) atoms. The predicted octanol–water partition coefficient (Wildman–Crippen LogP) is 0.0572. The Morgan fingerprint density at radius 2 is 1.92 bits per heavy atom. The number of piperazine rings is 1. The van der Waals surface area contributed by atoms with E-state index in [2.05, 4.69) is 0 Å². The highest BCUT2D eigenvalue weighted by molar-refractivity contribution is 7.88. The molecule has 1 fully saturated rings. The highest BCUT2D eigenvalue weighted by Crippen LogP contribution is 2.11. The Kier molecular flexibility index (Phi) is 5.95. The molecule has 132 valence electrons.